The van der Waals surface area contributed by atoms with Gasteiger partial charge in [0.15, 0.2) is 5.69 Å². The Hall–Kier alpha value is -2.03. The first-order chi connectivity index (χ1) is 10.6. The second-order valence-electron chi connectivity index (χ2n) is 4.87. The molecule has 0 saturated heterocycles. The lowest BCUT2D eigenvalue weighted by atomic mass is 10.1. The monoisotopic (exact) mass is 338 g/mol. The molecule has 1 aromatic carbocycles. The van der Waals surface area contributed by atoms with E-state index in [1.54, 1.807) is 0 Å². The molecule has 0 unspecified atom stereocenters. The summed E-state index contributed by atoms with van der Waals surface area (Å²) in [6.45, 7) is -0.568. The molecule has 1 aromatic heterocycles. The van der Waals surface area contributed by atoms with Crippen molar-refractivity contribution in [3.63, 3.8) is 0 Å². The molecular weight excluding hydrogens is 326 g/mol. The van der Waals surface area contributed by atoms with Crippen molar-refractivity contribution in [1.29, 1.82) is 0 Å². The number of benzene rings is 1. The van der Waals surface area contributed by atoms with Crippen LogP contribution in [-0.4, -0.2) is 21.5 Å². The Morgan fingerprint density at radius 2 is 1.57 bits per heavy atom. The minimum absolute atomic E-state index is 0.105. The summed E-state index contributed by atoms with van der Waals surface area (Å²) in [5.41, 5.74) is -1.71. The van der Waals surface area contributed by atoms with E-state index in [2.05, 4.69) is 5.10 Å². The lowest BCUT2D eigenvalue weighted by Gasteiger charge is -2.08. The molecule has 2 rings (SSSR count). The van der Waals surface area contributed by atoms with Gasteiger partial charge >= 0.3 is 12.4 Å². The molecule has 0 aliphatic rings. The van der Waals surface area contributed by atoms with E-state index in [0.717, 1.165) is 23.0 Å². The lowest BCUT2D eigenvalue weighted by molar-refractivity contribution is -0.142. The van der Waals surface area contributed by atoms with Gasteiger partial charge in [-0.3, -0.25) is 4.68 Å². The normalized spacial score (nSPS) is 12.7. The van der Waals surface area contributed by atoms with Gasteiger partial charge < -0.3 is 5.11 Å². The average Bonchev–Trinajstić information content (AvgIpc) is 2.81. The third kappa shape index (κ3) is 4.25. The second kappa shape index (κ2) is 6.23. The Labute approximate surface area is 127 Å². The van der Waals surface area contributed by atoms with Crippen molar-refractivity contribution in [2.24, 2.45) is 0 Å². The van der Waals surface area contributed by atoms with E-state index < -0.39 is 30.2 Å². The van der Waals surface area contributed by atoms with Gasteiger partial charge in [0.25, 0.3) is 0 Å². The number of alkyl halides is 6. The lowest BCUT2D eigenvalue weighted by Crippen LogP contribution is -2.11. The number of aromatic nitrogens is 2. The van der Waals surface area contributed by atoms with Gasteiger partial charge in [-0.05, 0) is 24.1 Å². The number of nitrogens with zero attached hydrogens (tertiary/aromatic N) is 2. The molecule has 0 atom stereocenters. The zero-order valence-electron chi connectivity index (χ0n) is 11.6. The molecule has 1 heterocycles. The van der Waals surface area contributed by atoms with Gasteiger partial charge in [0.2, 0.25) is 0 Å². The highest BCUT2D eigenvalue weighted by atomic mass is 19.4. The van der Waals surface area contributed by atoms with E-state index in [4.69, 9.17) is 5.11 Å². The maximum atomic E-state index is 12.8. The molecule has 9 heteroatoms. The first-order valence-electron chi connectivity index (χ1n) is 6.52. The van der Waals surface area contributed by atoms with Gasteiger partial charge in [-0.1, -0.05) is 12.1 Å². The van der Waals surface area contributed by atoms with Crippen molar-refractivity contribution < 1.29 is 31.4 Å². The van der Waals surface area contributed by atoms with Crippen LogP contribution in [0, 0.1) is 0 Å². The molecule has 0 aliphatic carbocycles. The Morgan fingerprint density at radius 3 is 2.04 bits per heavy atom. The van der Waals surface area contributed by atoms with E-state index in [9.17, 15) is 26.3 Å². The summed E-state index contributed by atoms with van der Waals surface area (Å²) in [5.74, 6) is 0. The summed E-state index contributed by atoms with van der Waals surface area (Å²) >= 11 is 0. The SMILES string of the molecule is OCCc1cn(Cc2ccc(C(F)(F)F)cc2)nc1C(F)(F)F. The minimum Gasteiger partial charge on any atom is -0.396 e. The van der Waals surface area contributed by atoms with Crippen LogP contribution in [0.15, 0.2) is 30.5 Å². The standard InChI is InChI=1S/C14H12F6N2O/c15-13(16,17)11-3-1-9(2-4-11)7-22-8-10(5-6-23)12(21-22)14(18,19)20/h1-4,8,23H,5-7H2. The van der Waals surface area contributed by atoms with Crippen LogP contribution in [0.2, 0.25) is 0 Å². The number of halogens is 6. The third-order valence-electron chi connectivity index (χ3n) is 3.11. The smallest absolute Gasteiger partial charge is 0.396 e. The summed E-state index contributed by atoms with van der Waals surface area (Å²) in [5, 5.41) is 12.2. The molecule has 0 spiro atoms. The van der Waals surface area contributed by atoms with E-state index in [1.165, 1.54) is 12.1 Å². The van der Waals surface area contributed by atoms with E-state index >= 15 is 0 Å². The highest BCUT2D eigenvalue weighted by molar-refractivity contribution is 5.26. The number of rotatable bonds is 4. The predicted octanol–water partition coefficient (Wildman–Crippen LogP) is 3.50. The summed E-state index contributed by atoms with van der Waals surface area (Å²) in [4.78, 5) is 0. The van der Waals surface area contributed by atoms with Gasteiger partial charge in [0.1, 0.15) is 0 Å². The molecule has 0 radical (unpaired) electrons. The molecule has 1 N–H and O–H groups in total. The molecule has 0 saturated carbocycles. The number of hydrogen-bond acceptors (Lipinski definition) is 2. The molecule has 0 amide bonds. The van der Waals surface area contributed by atoms with Gasteiger partial charge in [-0.15, -0.1) is 0 Å². The molecule has 0 aliphatic heterocycles. The quantitative estimate of drug-likeness (QED) is 0.867. The Bertz CT molecular complexity index is 657. The maximum Gasteiger partial charge on any atom is 0.435 e. The largest absolute Gasteiger partial charge is 0.435 e. The zero-order chi connectivity index (χ0) is 17.3. The van der Waals surface area contributed by atoms with Gasteiger partial charge in [0.05, 0.1) is 12.1 Å². The molecule has 23 heavy (non-hydrogen) atoms. The maximum absolute atomic E-state index is 12.8. The van der Waals surface area contributed by atoms with Crippen LogP contribution >= 0.6 is 0 Å². The van der Waals surface area contributed by atoms with Crippen molar-refractivity contribution in [2.75, 3.05) is 6.61 Å². The molecule has 0 bridgehead atoms. The summed E-state index contributed by atoms with van der Waals surface area (Å²) < 4.78 is 76.8. The average molecular weight is 338 g/mol. The number of hydrogen-bond donors (Lipinski definition) is 1. The Balaban J connectivity index is 2.23. The van der Waals surface area contributed by atoms with E-state index in [0.29, 0.717) is 5.56 Å². The van der Waals surface area contributed by atoms with Crippen molar-refractivity contribution in [1.82, 2.24) is 9.78 Å². The predicted molar refractivity (Wildman–Crippen MR) is 68.6 cm³/mol. The van der Waals surface area contributed by atoms with Gasteiger partial charge in [0, 0.05) is 18.4 Å². The highest BCUT2D eigenvalue weighted by Gasteiger charge is 2.37. The fourth-order valence-corrected chi connectivity index (χ4v) is 2.07. The summed E-state index contributed by atoms with van der Waals surface area (Å²) in [6, 6.07) is 4.09. The van der Waals surface area contributed by atoms with Crippen molar-refractivity contribution >= 4 is 0 Å². The molecule has 126 valence electrons. The fraction of sp³-hybridized carbons (Fsp3) is 0.357. The molecule has 3 nitrogen and oxygen atoms in total. The van der Waals surface area contributed by atoms with E-state index in [-0.39, 0.29) is 18.5 Å². The molecule has 0 fully saturated rings. The van der Waals surface area contributed by atoms with Crippen molar-refractivity contribution in [3.8, 4) is 0 Å². The summed E-state index contributed by atoms with van der Waals surface area (Å²) in [6.07, 6.45) is -8.20. The second-order valence-corrected chi connectivity index (χ2v) is 4.87. The van der Waals surface area contributed by atoms with Crippen LogP contribution in [0.1, 0.15) is 22.4 Å². The van der Waals surface area contributed by atoms with Crippen molar-refractivity contribution in [2.45, 2.75) is 25.3 Å². The van der Waals surface area contributed by atoms with Crippen LogP contribution in [0.5, 0.6) is 0 Å². The van der Waals surface area contributed by atoms with Crippen LogP contribution in [0.25, 0.3) is 0 Å². The Morgan fingerprint density at radius 1 is 0.957 bits per heavy atom. The van der Waals surface area contributed by atoms with Crippen molar-refractivity contribution in [3.05, 3.63) is 52.8 Å². The Kier molecular flexibility index (Phi) is 4.69. The first-order valence-corrected chi connectivity index (χ1v) is 6.52. The van der Waals surface area contributed by atoms with Crippen LogP contribution in [0.3, 0.4) is 0 Å². The first kappa shape index (κ1) is 17.3. The zero-order valence-corrected chi connectivity index (χ0v) is 11.6. The number of aliphatic hydroxyl groups is 1. The van der Waals surface area contributed by atoms with Crippen LogP contribution in [-0.2, 0) is 25.3 Å². The molecule has 2 aromatic rings. The minimum atomic E-state index is -4.66. The number of aliphatic hydroxyl groups excluding tert-OH is 1. The van der Waals surface area contributed by atoms with E-state index in [1.807, 2.05) is 0 Å². The van der Waals surface area contributed by atoms with Gasteiger partial charge in [-0.25, -0.2) is 0 Å². The topological polar surface area (TPSA) is 38.0 Å². The van der Waals surface area contributed by atoms with Crippen LogP contribution in [0.4, 0.5) is 26.3 Å². The fourth-order valence-electron chi connectivity index (χ4n) is 2.07. The molecular formula is C14H12F6N2O. The highest BCUT2D eigenvalue weighted by Crippen LogP contribution is 2.31. The van der Waals surface area contributed by atoms with Gasteiger partial charge in [-0.2, -0.15) is 31.4 Å². The van der Waals surface area contributed by atoms with Crippen LogP contribution < -0.4 is 0 Å². The summed E-state index contributed by atoms with van der Waals surface area (Å²) in [7, 11) is 0. The third-order valence-corrected chi connectivity index (χ3v) is 3.11.